The summed E-state index contributed by atoms with van der Waals surface area (Å²) < 4.78 is 0. The highest BCUT2D eigenvalue weighted by Gasteiger charge is 2.23. The first-order valence-corrected chi connectivity index (χ1v) is 9.96. The Morgan fingerprint density at radius 2 is 2.00 bits per heavy atom. The van der Waals surface area contributed by atoms with Gasteiger partial charge in [-0.2, -0.15) is 0 Å². The van der Waals surface area contributed by atoms with Gasteiger partial charge in [0.1, 0.15) is 0 Å². The normalized spacial score (nSPS) is 20.2. The maximum atomic E-state index is 11.3. The highest BCUT2D eigenvalue weighted by Crippen LogP contribution is 2.20. The molecule has 146 valence electrons. The van der Waals surface area contributed by atoms with Crippen LogP contribution in [0, 0.1) is 5.92 Å². The Bertz CT molecular complexity index is 674. The Morgan fingerprint density at radius 1 is 1.26 bits per heavy atom. The fourth-order valence-electron chi connectivity index (χ4n) is 3.80. The van der Waals surface area contributed by atoms with Crippen molar-refractivity contribution in [1.82, 2.24) is 10.2 Å². The molecule has 1 unspecified atom stereocenters. The van der Waals surface area contributed by atoms with Gasteiger partial charge in [0.15, 0.2) is 5.96 Å². The summed E-state index contributed by atoms with van der Waals surface area (Å²) in [6.07, 6.45) is 6.99. The molecule has 6 heteroatoms. The molecule has 0 saturated carbocycles. The molecule has 0 bridgehead atoms. The topological polar surface area (TPSA) is 74.0 Å². The van der Waals surface area contributed by atoms with Crippen molar-refractivity contribution >= 4 is 17.6 Å². The summed E-state index contributed by atoms with van der Waals surface area (Å²) in [4.78, 5) is 20.7. The number of carbonyl (C=O) groups is 1. The van der Waals surface area contributed by atoms with Crippen LogP contribution in [0.15, 0.2) is 41.4 Å². The van der Waals surface area contributed by atoms with Crippen molar-refractivity contribution in [3.8, 4) is 0 Å². The average molecular weight is 370 g/mol. The SMILES string of the molecule is CCNC(=NCc1ccc(N2CC=CC2)cc1)N1CCCC(CC(N)=O)C1. The Morgan fingerprint density at radius 3 is 2.67 bits per heavy atom. The number of amides is 1. The van der Waals surface area contributed by atoms with Crippen LogP contribution >= 0.6 is 0 Å². The summed E-state index contributed by atoms with van der Waals surface area (Å²) >= 11 is 0. The quantitative estimate of drug-likeness (QED) is 0.458. The van der Waals surface area contributed by atoms with E-state index in [0.717, 1.165) is 51.5 Å². The number of nitrogens with zero attached hydrogens (tertiary/aromatic N) is 3. The van der Waals surface area contributed by atoms with Gasteiger partial charge < -0.3 is 20.9 Å². The lowest BCUT2D eigenvalue weighted by Gasteiger charge is -2.34. The van der Waals surface area contributed by atoms with Crippen LogP contribution in [0.3, 0.4) is 0 Å². The summed E-state index contributed by atoms with van der Waals surface area (Å²) in [5.74, 6) is 1.05. The molecular formula is C21H31N5O. The average Bonchev–Trinajstić information content (AvgIpc) is 3.20. The van der Waals surface area contributed by atoms with E-state index in [0.29, 0.717) is 18.9 Å². The number of carbonyl (C=O) groups excluding carboxylic acids is 1. The number of nitrogens with one attached hydrogen (secondary N) is 1. The highest BCUT2D eigenvalue weighted by molar-refractivity contribution is 5.80. The first-order chi connectivity index (χ1) is 13.2. The number of primary amides is 1. The van der Waals surface area contributed by atoms with Crippen molar-refractivity contribution in [3.63, 3.8) is 0 Å². The summed E-state index contributed by atoms with van der Waals surface area (Å²) in [5, 5.41) is 3.40. The minimum Gasteiger partial charge on any atom is -0.370 e. The number of hydrogen-bond donors (Lipinski definition) is 2. The molecule has 0 radical (unpaired) electrons. The van der Waals surface area contributed by atoms with Gasteiger partial charge in [0.25, 0.3) is 0 Å². The van der Waals surface area contributed by atoms with Crippen LogP contribution in [0.4, 0.5) is 5.69 Å². The number of benzene rings is 1. The van der Waals surface area contributed by atoms with E-state index in [1.165, 1.54) is 11.3 Å². The molecule has 0 aromatic heterocycles. The summed E-state index contributed by atoms with van der Waals surface area (Å²) in [6.45, 7) is 7.36. The van der Waals surface area contributed by atoms with Crippen LogP contribution in [0.5, 0.6) is 0 Å². The number of aliphatic imine (C=N–C) groups is 1. The lowest BCUT2D eigenvalue weighted by molar-refractivity contribution is -0.119. The van der Waals surface area contributed by atoms with E-state index in [9.17, 15) is 4.79 Å². The van der Waals surface area contributed by atoms with Crippen LogP contribution < -0.4 is 16.0 Å². The second-order valence-electron chi connectivity index (χ2n) is 7.34. The molecular weight excluding hydrogens is 338 g/mol. The predicted molar refractivity (Wildman–Crippen MR) is 111 cm³/mol. The van der Waals surface area contributed by atoms with Gasteiger partial charge in [-0.1, -0.05) is 24.3 Å². The second kappa shape index (κ2) is 9.44. The van der Waals surface area contributed by atoms with Gasteiger partial charge in [-0.3, -0.25) is 4.79 Å². The molecule has 0 aliphatic carbocycles. The molecule has 2 aliphatic rings. The van der Waals surface area contributed by atoms with Crippen LogP contribution in [-0.2, 0) is 11.3 Å². The summed E-state index contributed by atoms with van der Waals surface area (Å²) in [7, 11) is 0. The zero-order valence-corrected chi connectivity index (χ0v) is 16.2. The fraction of sp³-hybridized carbons (Fsp3) is 0.524. The maximum Gasteiger partial charge on any atom is 0.217 e. The zero-order chi connectivity index (χ0) is 19.1. The number of nitrogens with two attached hydrogens (primary N) is 1. The molecule has 6 nitrogen and oxygen atoms in total. The molecule has 1 fully saturated rings. The molecule has 1 amide bonds. The van der Waals surface area contributed by atoms with E-state index < -0.39 is 0 Å². The zero-order valence-electron chi connectivity index (χ0n) is 16.2. The molecule has 0 spiro atoms. The van der Waals surface area contributed by atoms with Crippen molar-refractivity contribution in [2.45, 2.75) is 32.7 Å². The minimum absolute atomic E-state index is 0.211. The Kier molecular flexibility index (Phi) is 6.74. The first kappa shape index (κ1) is 19.3. The summed E-state index contributed by atoms with van der Waals surface area (Å²) in [5.41, 5.74) is 7.84. The molecule has 1 aromatic rings. The lowest BCUT2D eigenvalue weighted by Crippen LogP contribution is -2.47. The van der Waals surface area contributed by atoms with E-state index in [-0.39, 0.29) is 5.91 Å². The third kappa shape index (κ3) is 5.49. The molecule has 1 saturated heterocycles. The number of guanidine groups is 1. The van der Waals surface area contributed by atoms with Gasteiger partial charge in [-0.15, -0.1) is 0 Å². The molecule has 2 aliphatic heterocycles. The van der Waals surface area contributed by atoms with Crippen molar-refractivity contribution < 1.29 is 4.79 Å². The van der Waals surface area contributed by atoms with E-state index >= 15 is 0 Å². The van der Waals surface area contributed by atoms with Crippen molar-refractivity contribution in [3.05, 3.63) is 42.0 Å². The second-order valence-corrected chi connectivity index (χ2v) is 7.34. The predicted octanol–water partition coefficient (Wildman–Crippen LogP) is 2.12. The van der Waals surface area contributed by atoms with Crippen LogP contribution in [0.1, 0.15) is 31.7 Å². The van der Waals surface area contributed by atoms with E-state index in [4.69, 9.17) is 10.7 Å². The lowest BCUT2D eigenvalue weighted by atomic mass is 9.95. The van der Waals surface area contributed by atoms with Gasteiger partial charge in [-0.25, -0.2) is 4.99 Å². The highest BCUT2D eigenvalue weighted by atomic mass is 16.1. The van der Waals surface area contributed by atoms with Gasteiger partial charge in [-0.05, 0) is 43.4 Å². The van der Waals surface area contributed by atoms with Crippen molar-refractivity contribution in [2.75, 3.05) is 37.6 Å². The Hall–Kier alpha value is -2.50. The standard InChI is InChI=1S/C21H31N5O/c1-2-23-21(26-13-5-6-18(16-26)14-20(22)27)24-15-17-7-9-19(10-8-17)25-11-3-4-12-25/h3-4,7-10,18H,2,5-6,11-16H2,1H3,(H2,22,27)(H,23,24). The van der Waals surface area contributed by atoms with Crippen LogP contribution in [0.2, 0.25) is 0 Å². The number of piperidine rings is 1. The van der Waals surface area contributed by atoms with E-state index in [2.05, 4.69) is 58.5 Å². The largest absolute Gasteiger partial charge is 0.370 e. The number of anilines is 1. The first-order valence-electron chi connectivity index (χ1n) is 9.96. The molecule has 3 N–H and O–H groups in total. The number of rotatable bonds is 6. The smallest absolute Gasteiger partial charge is 0.217 e. The number of likely N-dealkylation sites (tertiary alicyclic amines) is 1. The fourth-order valence-corrected chi connectivity index (χ4v) is 3.80. The number of hydrogen-bond acceptors (Lipinski definition) is 3. The van der Waals surface area contributed by atoms with Gasteiger partial charge in [0.2, 0.25) is 5.91 Å². The van der Waals surface area contributed by atoms with Crippen LogP contribution in [-0.4, -0.2) is 49.5 Å². The molecule has 1 aromatic carbocycles. The van der Waals surface area contributed by atoms with Crippen molar-refractivity contribution in [1.29, 1.82) is 0 Å². The molecule has 3 rings (SSSR count). The third-order valence-electron chi connectivity index (χ3n) is 5.17. The van der Waals surface area contributed by atoms with Crippen LogP contribution in [0.25, 0.3) is 0 Å². The third-order valence-corrected chi connectivity index (χ3v) is 5.17. The summed E-state index contributed by atoms with van der Waals surface area (Å²) in [6, 6.07) is 8.67. The molecule has 27 heavy (non-hydrogen) atoms. The van der Waals surface area contributed by atoms with Crippen molar-refractivity contribution in [2.24, 2.45) is 16.6 Å². The van der Waals surface area contributed by atoms with E-state index in [1.54, 1.807) is 0 Å². The van der Waals surface area contributed by atoms with Gasteiger partial charge >= 0.3 is 0 Å². The van der Waals surface area contributed by atoms with Gasteiger partial charge in [0.05, 0.1) is 6.54 Å². The maximum absolute atomic E-state index is 11.3. The Labute approximate surface area is 162 Å². The minimum atomic E-state index is -0.211. The molecule has 1 atom stereocenters. The Balaban J connectivity index is 1.62. The van der Waals surface area contributed by atoms with Gasteiger partial charge in [0, 0.05) is 44.8 Å². The molecule has 2 heterocycles. The van der Waals surface area contributed by atoms with E-state index in [1.807, 2.05) is 0 Å². The monoisotopic (exact) mass is 369 g/mol.